The molecule has 1 amide bonds. The number of hydrogen-bond acceptors (Lipinski definition) is 6. The molecule has 3 heterocycles. The van der Waals surface area contributed by atoms with Crippen LogP contribution < -0.4 is 5.32 Å². The number of halogens is 4. The van der Waals surface area contributed by atoms with Crippen molar-refractivity contribution in [1.82, 2.24) is 24.8 Å². The number of carbonyl (C=O) groups is 1. The van der Waals surface area contributed by atoms with Crippen LogP contribution in [0.3, 0.4) is 0 Å². The second kappa shape index (κ2) is 8.05. The standard InChI is InChI=1S/C22H18F4N6O/c23-13-2-3-14(20-27-4-1-5-28-20)15(8-13)21(33)32-11-12-6-16(17(32)7-12)31-19-10-29-18(9-30-19)22(24,25)26/h1-5,8-10,12,16-17H,6-7,11H2,(H,30,31)/t12-,16+,17-/m0/s1. The van der Waals surface area contributed by atoms with Gasteiger partial charge in [0.15, 0.2) is 11.5 Å². The third-order valence-corrected chi connectivity index (χ3v) is 6.04. The second-order valence-electron chi connectivity index (χ2n) is 8.16. The topological polar surface area (TPSA) is 83.9 Å². The molecule has 1 aromatic carbocycles. The van der Waals surface area contributed by atoms with Gasteiger partial charge in [0.05, 0.1) is 24.0 Å². The zero-order chi connectivity index (χ0) is 23.2. The van der Waals surface area contributed by atoms with Crippen LogP contribution in [0.2, 0.25) is 0 Å². The van der Waals surface area contributed by atoms with Gasteiger partial charge < -0.3 is 10.2 Å². The molecule has 1 aliphatic heterocycles. The molecule has 2 aliphatic rings. The molecule has 1 N–H and O–H groups in total. The molecule has 0 spiro atoms. The number of aromatic nitrogens is 4. The summed E-state index contributed by atoms with van der Waals surface area (Å²) in [6.45, 7) is 0.520. The van der Waals surface area contributed by atoms with E-state index in [1.54, 1.807) is 23.4 Å². The summed E-state index contributed by atoms with van der Waals surface area (Å²) in [6, 6.07) is 5.16. The Hall–Kier alpha value is -3.63. The van der Waals surface area contributed by atoms with E-state index in [0.717, 1.165) is 19.0 Å². The molecular weight excluding hydrogens is 440 g/mol. The molecule has 0 unspecified atom stereocenters. The number of anilines is 1. The van der Waals surface area contributed by atoms with E-state index >= 15 is 0 Å². The SMILES string of the molecule is O=C(c1cc(F)ccc1-c1ncccn1)N1C[C@H]2C[C@@H](Nc3cnc(C(F)(F)F)cn3)[C@@H]1C2. The Morgan fingerprint density at radius 1 is 1.06 bits per heavy atom. The van der Waals surface area contributed by atoms with Gasteiger partial charge in [-0.2, -0.15) is 13.2 Å². The Morgan fingerprint density at radius 3 is 2.52 bits per heavy atom. The highest BCUT2D eigenvalue weighted by Crippen LogP contribution is 2.40. The van der Waals surface area contributed by atoms with Crippen molar-refractivity contribution >= 4 is 11.7 Å². The molecule has 7 nitrogen and oxygen atoms in total. The number of likely N-dealkylation sites (tertiary alicyclic amines) is 1. The minimum Gasteiger partial charge on any atom is -0.364 e. The summed E-state index contributed by atoms with van der Waals surface area (Å²) in [6.07, 6.45) is 1.73. The Kier molecular flexibility index (Phi) is 5.18. The minimum atomic E-state index is -4.56. The van der Waals surface area contributed by atoms with Crippen LogP contribution >= 0.6 is 0 Å². The Labute approximate surface area is 185 Å². The molecule has 2 aromatic heterocycles. The first kappa shape index (κ1) is 21.2. The Bertz CT molecular complexity index is 1170. The third kappa shape index (κ3) is 4.10. The van der Waals surface area contributed by atoms with Gasteiger partial charge >= 0.3 is 6.18 Å². The second-order valence-corrected chi connectivity index (χ2v) is 8.16. The maximum Gasteiger partial charge on any atom is 0.434 e. The summed E-state index contributed by atoms with van der Waals surface area (Å²) in [7, 11) is 0. The molecule has 5 rings (SSSR count). The monoisotopic (exact) mass is 458 g/mol. The fourth-order valence-electron chi connectivity index (χ4n) is 4.63. The molecule has 3 aromatic rings. The zero-order valence-corrected chi connectivity index (χ0v) is 17.1. The van der Waals surface area contributed by atoms with Crippen molar-refractivity contribution in [2.75, 3.05) is 11.9 Å². The molecule has 1 aliphatic carbocycles. The van der Waals surface area contributed by atoms with Gasteiger partial charge in [0.25, 0.3) is 5.91 Å². The highest BCUT2D eigenvalue weighted by molar-refractivity contribution is 6.00. The number of fused-ring (bicyclic) bond motifs is 2. The molecule has 2 fully saturated rings. The van der Waals surface area contributed by atoms with Crippen LogP contribution in [0.4, 0.5) is 23.4 Å². The van der Waals surface area contributed by atoms with Crippen LogP contribution in [0, 0.1) is 11.7 Å². The van der Waals surface area contributed by atoms with E-state index in [4.69, 9.17) is 0 Å². The van der Waals surface area contributed by atoms with Crippen molar-refractivity contribution in [2.45, 2.75) is 31.1 Å². The number of piperidine rings is 1. The van der Waals surface area contributed by atoms with Crippen LogP contribution in [-0.2, 0) is 6.18 Å². The van der Waals surface area contributed by atoms with E-state index in [-0.39, 0.29) is 35.3 Å². The molecule has 1 saturated heterocycles. The maximum absolute atomic E-state index is 14.1. The predicted molar refractivity (Wildman–Crippen MR) is 109 cm³/mol. The summed E-state index contributed by atoms with van der Waals surface area (Å²) in [5.74, 6) is -0.132. The lowest BCUT2D eigenvalue weighted by Gasteiger charge is -2.34. The predicted octanol–water partition coefficient (Wildman–Crippen LogP) is 3.81. The quantitative estimate of drug-likeness (QED) is 0.599. The summed E-state index contributed by atoms with van der Waals surface area (Å²) in [5, 5.41) is 3.11. The van der Waals surface area contributed by atoms with E-state index in [9.17, 15) is 22.4 Å². The summed E-state index contributed by atoms with van der Waals surface area (Å²) in [5.41, 5.74) is -0.468. The zero-order valence-electron chi connectivity index (χ0n) is 17.1. The number of rotatable bonds is 4. The van der Waals surface area contributed by atoms with Crippen molar-refractivity contribution < 1.29 is 22.4 Å². The summed E-state index contributed by atoms with van der Waals surface area (Å²) >= 11 is 0. The number of alkyl halides is 3. The first-order valence-electron chi connectivity index (χ1n) is 10.3. The fraction of sp³-hybridized carbons (Fsp3) is 0.318. The van der Waals surface area contributed by atoms with Gasteiger partial charge in [-0.3, -0.25) is 4.79 Å². The molecule has 33 heavy (non-hydrogen) atoms. The van der Waals surface area contributed by atoms with E-state index in [2.05, 4.69) is 25.3 Å². The van der Waals surface area contributed by atoms with Crippen LogP contribution in [-0.4, -0.2) is 49.4 Å². The Balaban J connectivity index is 1.37. The first-order valence-corrected chi connectivity index (χ1v) is 10.3. The van der Waals surface area contributed by atoms with Crippen LogP contribution in [0.25, 0.3) is 11.4 Å². The van der Waals surface area contributed by atoms with Gasteiger partial charge in [0, 0.05) is 30.5 Å². The van der Waals surface area contributed by atoms with Gasteiger partial charge in [0.1, 0.15) is 11.6 Å². The van der Waals surface area contributed by atoms with E-state index < -0.39 is 17.7 Å². The number of carbonyl (C=O) groups excluding carboxylic acids is 1. The van der Waals surface area contributed by atoms with Gasteiger partial charge in [0.2, 0.25) is 0 Å². The first-order chi connectivity index (χ1) is 15.8. The highest BCUT2D eigenvalue weighted by Gasteiger charge is 2.47. The molecule has 2 bridgehead atoms. The molecular formula is C22H18F4N6O. The van der Waals surface area contributed by atoms with Gasteiger partial charge in [-0.15, -0.1) is 0 Å². The van der Waals surface area contributed by atoms with E-state index in [1.165, 1.54) is 18.2 Å². The van der Waals surface area contributed by atoms with Crippen LogP contribution in [0.15, 0.2) is 49.1 Å². The number of hydrogen-bond donors (Lipinski definition) is 1. The smallest absolute Gasteiger partial charge is 0.364 e. The van der Waals surface area contributed by atoms with Gasteiger partial charge in [-0.05, 0) is 43.0 Å². The van der Waals surface area contributed by atoms with Crippen LogP contribution in [0.1, 0.15) is 28.9 Å². The van der Waals surface area contributed by atoms with Gasteiger partial charge in [-0.25, -0.2) is 24.3 Å². The van der Waals surface area contributed by atoms with Crippen molar-refractivity contribution in [3.63, 3.8) is 0 Å². The highest BCUT2D eigenvalue weighted by atomic mass is 19.4. The van der Waals surface area contributed by atoms with Crippen LogP contribution in [0.5, 0.6) is 0 Å². The average Bonchev–Trinajstić information content (AvgIpc) is 3.39. The number of nitrogens with one attached hydrogen (secondary N) is 1. The maximum atomic E-state index is 14.1. The van der Waals surface area contributed by atoms with Gasteiger partial charge in [-0.1, -0.05) is 0 Å². The Morgan fingerprint density at radius 2 is 1.85 bits per heavy atom. The number of benzene rings is 1. The fourth-order valence-corrected chi connectivity index (χ4v) is 4.63. The van der Waals surface area contributed by atoms with E-state index in [0.29, 0.717) is 24.1 Å². The molecule has 3 atom stereocenters. The van der Waals surface area contributed by atoms with E-state index in [1.807, 2.05) is 0 Å². The lowest BCUT2D eigenvalue weighted by Crippen LogP contribution is -2.48. The van der Waals surface area contributed by atoms with Crippen molar-refractivity contribution in [3.8, 4) is 11.4 Å². The number of nitrogens with zero attached hydrogens (tertiary/aromatic N) is 5. The average molecular weight is 458 g/mol. The van der Waals surface area contributed by atoms with Crippen molar-refractivity contribution in [2.24, 2.45) is 5.92 Å². The van der Waals surface area contributed by atoms with Crippen molar-refractivity contribution in [1.29, 1.82) is 0 Å². The van der Waals surface area contributed by atoms with Crippen molar-refractivity contribution in [3.05, 3.63) is 66.1 Å². The largest absolute Gasteiger partial charge is 0.434 e. The third-order valence-electron chi connectivity index (χ3n) is 6.04. The molecule has 11 heteroatoms. The number of amides is 1. The normalized spacial score (nSPS) is 21.9. The minimum absolute atomic E-state index is 0.168. The summed E-state index contributed by atoms with van der Waals surface area (Å²) < 4.78 is 52.2. The molecule has 170 valence electrons. The lowest BCUT2D eigenvalue weighted by atomic mass is 10.0. The lowest BCUT2D eigenvalue weighted by molar-refractivity contribution is -0.141. The molecule has 0 radical (unpaired) electrons. The summed E-state index contributed by atoms with van der Waals surface area (Å²) in [4.78, 5) is 30.8. The molecule has 1 saturated carbocycles.